The van der Waals surface area contributed by atoms with E-state index in [-0.39, 0.29) is 23.7 Å². The first-order valence-electron chi connectivity index (χ1n) is 8.54. The summed E-state index contributed by atoms with van der Waals surface area (Å²) < 4.78 is 15.8. The summed E-state index contributed by atoms with van der Waals surface area (Å²) in [6.45, 7) is 0. The van der Waals surface area contributed by atoms with Crippen LogP contribution < -0.4 is 24.8 Å². The minimum Gasteiger partial charge on any atom is -0.493 e. The summed E-state index contributed by atoms with van der Waals surface area (Å²) in [6, 6.07) is 12.5. The largest absolute Gasteiger partial charge is 0.493 e. The maximum atomic E-state index is 12.5. The summed E-state index contributed by atoms with van der Waals surface area (Å²) in [6.07, 6.45) is 0.523. The summed E-state index contributed by atoms with van der Waals surface area (Å²) in [5.41, 5.74) is 1.24. The van der Waals surface area contributed by atoms with Gasteiger partial charge in [-0.1, -0.05) is 18.2 Å². The number of rotatable bonds is 7. The molecule has 2 amide bonds. The monoisotopic (exact) mass is 370 g/mol. The van der Waals surface area contributed by atoms with E-state index < -0.39 is 0 Å². The van der Waals surface area contributed by atoms with Crippen LogP contribution in [-0.2, 0) is 9.59 Å². The first-order chi connectivity index (χ1) is 13.1. The van der Waals surface area contributed by atoms with E-state index in [1.165, 1.54) is 21.3 Å². The minimum absolute atomic E-state index is 0.147. The Kier molecular flexibility index (Phi) is 5.49. The minimum atomic E-state index is -0.354. The maximum absolute atomic E-state index is 12.5. The van der Waals surface area contributed by atoms with E-state index in [2.05, 4.69) is 10.6 Å². The number of nitrogens with one attached hydrogen (secondary N) is 2. The lowest BCUT2D eigenvalue weighted by Gasteiger charge is -2.14. The Morgan fingerprint density at radius 3 is 1.81 bits per heavy atom. The molecule has 142 valence electrons. The van der Waals surface area contributed by atoms with E-state index in [1.807, 2.05) is 30.3 Å². The fourth-order valence-electron chi connectivity index (χ4n) is 2.92. The van der Waals surface area contributed by atoms with Gasteiger partial charge in [0.05, 0.1) is 33.2 Å². The molecule has 7 nitrogen and oxygen atoms in total. The summed E-state index contributed by atoms with van der Waals surface area (Å²) in [4.78, 5) is 24.8. The second-order valence-corrected chi connectivity index (χ2v) is 6.21. The van der Waals surface area contributed by atoms with Crippen LogP contribution in [-0.4, -0.2) is 33.1 Å². The zero-order chi connectivity index (χ0) is 19.4. The molecule has 0 radical (unpaired) electrons. The Hall–Kier alpha value is -3.22. The highest BCUT2D eigenvalue weighted by atomic mass is 16.5. The zero-order valence-corrected chi connectivity index (χ0v) is 15.4. The van der Waals surface area contributed by atoms with Gasteiger partial charge in [0.1, 0.15) is 0 Å². The number of amides is 2. The molecule has 0 bridgehead atoms. The Bertz CT molecular complexity index is 813. The molecule has 1 saturated carbocycles. The third-order valence-corrected chi connectivity index (χ3v) is 4.44. The van der Waals surface area contributed by atoms with Gasteiger partial charge >= 0.3 is 0 Å². The van der Waals surface area contributed by atoms with E-state index in [0.717, 1.165) is 5.69 Å². The quantitative estimate of drug-likeness (QED) is 0.783. The third kappa shape index (κ3) is 4.13. The van der Waals surface area contributed by atoms with Gasteiger partial charge in [0.25, 0.3) is 0 Å². The molecule has 0 heterocycles. The molecule has 2 aromatic rings. The summed E-state index contributed by atoms with van der Waals surface area (Å²) in [5, 5.41) is 5.65. The Morgan fingerprint density at radius 1 is 0.815 bits per heavy atom. The lowest BCUT2D eigenvalue weighted by atomic mass is 10.2. The SMILES string of the molecule is COc1cc(NC(=O)C2CC2C(=O)Nc2ccccc2)cc(OC)c1OC. The first kappa shape index (κ1) is 18.6. The zero-order valence-electron chi connectivity index (χ0n) is 15.4. The van der Waals surface area contributed by atoms with E-state index >= 15 is 0 Å². The van der Waals surface area contributed by atoms with Crippen LogP contribution in [0, 0.1) is 11.8 Å². The van der Waals surface area contributed by atoms with Gasteiger partial charge in [0.2, 0.25) is 17.6 Å². The normalized spacial score (nSPS) is 17.6. The smallest absolute Gasteiger partial charge is 0.228 e. The highest BCUT2D eigenvalue weighted by Crippen LogP contribution is 2.42. The van der Waals surface area contributed by atoms with E-state index in [1.54, 1.807) is 12.1 Å². The summed E-state index contributed by atoms with van der Waals surface area (Å²) in [7, 11) is 4.53. The molecule has 1 aliphatic carbocycles. The van der Waals surface area contributed by atoms with Crippen LogP contribution in [0.5, 0.6) is 17.2 Å². The van der Waals surface area contributed by atoms with Gasteiger partial charge in [-0.25, -0.2) is 0 Å². The molecular weight excluding hydrogens is 348 g/mol. The van der Waals surface area contributed by atoms with Crippen LogP contribution in [0.1, 0.15) is 6.42 Å². The van der Waals surface area contributed by atoms with Crippen LogP contribution in [0.4, 0.5) is 11.4 Å². The molecule has 27 heavy (non-hydrogen) atoms. The van der Waals surface area contributed by atoms with Gasteiger partial charge in [-0.15, -0.1) is 0 Å². The summed E-state index contributed by atoms with van der Waals surface area (Å²) in [5.74, 6) is 0.302. The number of carbonyl (C=O) groups excluding carboxylic acids is 2. The molecule has 3 rings (SSSR count). The molecular formula is C20H22N2O5. The predicted octanol–water partition coefficient (Wildman–Crippen LogP) is 2.93. The lowest BCUT2D eigenvalue weighted by molar-refractivity contribution is -0.122. The molecule has 1 aliphatic rings. The average molecular weight is 370 g/mol. The molecule has 0 aromatic heterocycles. The molecule has 0 aliphatic heterocycles. The topological polar surface area (TPSA) is 85.9 Å². The van der Waals surface area contributed by atoms with Crippen molar-refractivity contribution in [3.05, 3.63) is 42.5 Å². The highest BCUT2D eigenvalue weighted by Gasteiger charge is 2.48. The standard InChI is InChI=1S/C20H22N2O5/c1-25-16-9-13(10-17(26-2)18(16)27-3)22-20(24)15-11-14(15)19(23)21-12-7-5-4-6-8-12/h4-10,14-15H,11H2,1-3H3,(H,21,23)(H,22,24). The second kappa shape index (κ2) is 7.99. The molecule has 2 N–H and O–H groups in total. The van der Waals surface area contributed by atoms with Gasteiger partial charge < -0.3 is 24.8 Å². The Morgan fingerprint density at radius 2 is 1.33 bits per heavy atom. The van der Waals surface area contributed by atoms with Crippen molar-refractivity contribution < 1.29 is 23.8 Å². The van der Waals surface area contributed by atoms with Crippen LogP contribution in [0.25, 0.3) is 0 Å². The number of anilines is 2. The number of para-hydroxylation sites is 1. The van der Waals surface area contributed by atoms with Gasteiger partial charge in [0.15, 0.2) is 11.5 Å². The first-order valence-corrected chi connectivity index (χ1v) is 8.54. The van der Waals surface area contributed by atoms with Gasteiger partial charge in [0, 0.05) is 23.5 Å². The van der Waals surface area contributed by atoms with Crippen molar-refractivity contribution in [3.8, 4) is 17.2 Å². The van der Waals surface area contributed by atoms with Crippen molar-refractivity contribution in [2.45, 2.75) is 6.42 Å². The Balaban J connectivity index is 1.64. The molecule has 1 fully saturated rings. The van der Waals surface area contributed by atoms with Gasteiger partial charge in [-0.3, -0.25) is 9.59 Å². The second-order valence-electron chi connectivity index (χ2n) is 6.21. The molecule has 2 atom stereocenters. The van der Waals surface area contributed by atoms with Crippen molar-refractivity contribution in [2.24, 2.45) is 11.8 Å². The van der Waals surface area contributed by atoms with Crippen molar-refractivity contribution in [3.63, 3.8) is 0 Å². The van der Waals surface area contributed by atoms with Crippen molar-refractivity contribution in [1.29, 1.82) is 0 Å². The number of carbonyl (C=O) groups is 2. The third-order valence-electron chi connectivity index (χ3n) is 4.44. The molecule has 0 saturated heterocycles. The van der Waals surface area contributed by atoms with E-state index in [0.29, 0.717) is 29.4 Å². The van der Waals surface area contributed by atoms with Crippen LogP contribution in [0.15, 0.2) is 42.5 Å². The van der Waals surface area contributed by atoms with Crippen LogP contribution >= 0.6 is 0 Å². The number of ether oxygens (including phenoxy) is 3. The van der Waals surface area contributed by atoms with E-state index in [4.69, 9.17) is 14.2 Å². The van der Waals surface area contributed by atoms with Crippen molar-refractivity contribution in [1.82, 2.24) is 0 Å². The Labute approximate surface area is 157 Å². The van der Waals surface area contributed by atoms with Crippen molar-refractivity contribution in [2.75, 3.05) is 32.0 Å². The molecule has 2 unspecified atom stereocenters. The number of benzene rings is 2. The van der Waals surface area contributed by atoms with Crippen molar-refractivity contribution >= 4 is 23.2 Å². The lowest BCUT2D eigenvalue weighted by Crippen LogP contribution is -2.20. The van der Waals surface area contributed by atoms with Gasteiger partial charge in [-0.05, 0) is 18.6 Å². The summed E-state index contributed by atoms with van der Waals surface area (Å²) >= 11 is 0. The highest BCUT2D eigenvalue weighted by molar-refractivity contribution is 6.03. The molecule has 2 aromatic carbocycles. The van der Waals surface area contributed by atoms with E-state index in [9.17, 15) is 9.59 Å². The van der Waals surface area contributed by atoms with Crippen LogP contribution in [0.3, 0.4) is 0 Å². The molecule has 0 spiro atoms. The maximum Gasteiger partial charge on any atom is 0.228 e. The molecule has 7 heteroatoms. The average Bonchev–Trinajstić information content (AvgIpc) is 3.49. The number of methoxy groups -OCH3 is 3. The number of hydrogen-bond donors (Lipinski definition) is 2. The van der Waals surface area contributed by atoms with Crippen LogP contribution in [0.2, 0.25) is 0 Å². The predicted molar refractivity (Wildman–Crippen MR) is 101 cm³/mol. The fourth-order valence-corrected chi connectivity index (χ4v) is 2.92. The van der Waals surface area contributed by atoms with Gasteiger partial charge in [-0.2, -0.15) is 0 Å². The fraction of sp³-hybridized carbons (Fsp3) is 0.300. The number of hydrogen-bond acceptors (Lipinski definition) is 5.